The summed E-state index contributed by atoms with van der Waals surface area (Å²) in [6, 6.07) is 19.0. The summed E-state index contributed by atoms with van der Waals surface area (Å²) in [4.78, 5) is 12.8. The van der Waals surface area contributed by atoms with Crippen molar-refractivity contribution in [1.82, 2.24) is 0 Å². The SMILES string of the molecule is COc1ccc(S(=O)(=O)N(CC(=O)Nc2ccc(Cl)cc2)c2ccccc2OC)cc1. The lowest BCUT2D eigenvalue weighted by Gasteiger charge is -2.25. The molecular weight excluding hydrogens is 440 g/mol. The van der Waals surface area contributed by atoms with Crippen LogP contribution in [0.4, 0.5) is 11.4 Å². The highest BCUT2D eigenvalue weighted by Gasteiger charge is 2.29. The van der Waals surface area contributed by atoms with Crippen LogP contribution in [0.1, 0.15) is 0 Å². The van der Waals surface area contributed by atoms with Gasteiger partial charge >= 0.3 is 0 Å². The van der Waals surface area contributed by atoms with Crippen molar-refractivity contribution in [2.75, 3.05) is 30.4 Å². The number of methoxy groups -OCH3 is 2. The Morgan fingerprint density at radius 2 is 1.58 bits per heavy atom. The molecule has 1 amide bonds. The number of carbonyl (C=O) groups excluding carboxylic acids is 1. The van der Waals surface area contributed by atoms with E-state index < -0.39 is 22.5 Å². The van der Waals surface area contributed by atoms with E-state index in [9.17, 15) is 13.2 Å². The maximum atomic E-state index is 13.5. The Morgan fingerprint density at radius 1 is 0.935 bits per heavy atom. The summed E-state index contributed by atoms with van der Waals surface area (Å²) in [5.41, 5.74) is 0.739. The molecule has 0 radical (unpaired) electrons. The zero-order chi connectivity index (χ0) is 22.4. The molecule has 0 aliphatic rings. The summed E-state index contributed by atoms with van der Waals surface area (Å²) in [7, 11) is -1.16. The number of rotatable bonds is 8. The van der Waals surface area contributed by atoms with E-state index in [0.717, 1.165) is 4.31 Å². The molecule has 0 heterocycles. The first-order valence-corrected chi connectivity index (χ1v) is 11.0. The average molecular weight is 461 g/mol. The maximum Gasteiger partial charge on any atom is 0.264 e. The van der Waals surface area contributed by atoms with E-state index in [2.05, 4.69) is 5.32 Å². The highest BCUT2D eigenvalue weighted by Crippen LogP contribution is 2.32. The van der Waals surface area contributed by atoms with Crippen LogP contribution in [-0.2, 0) is 14.8 Å². The van der Waals surface area contributed by atoms with Crippen LogP contribution in [0.3, 0.4) is 0 Å². The number of sulfonamides is 1. The highest BCUT2D eigenvalue weighted by molar-refractivity contribution is 7.92. The fourth-order valence-electron chi connectivity index (χ4n) is 2.87. The second-order valence-electron chi connectivity index (χ2n) is 6.41. The normalized spacial score (nSPS) is 10.9. The smallest absolute Gasteiger partial charge is 0.264 e. The van der Waals surface area contributed by atoms with E-state index in [1.165, 1.54) is 26.4 Å². The summed E-state index contributed by atoms with van der Waals surface area (Å²) in [5, 5.41) is 3.21. The Balaban J connectivity index is 1.97. The van der Waals surface area contributed by atoms with E-state index in [0.29, 0.717) is 22.2 Å². The fourth-order valence-corrected chi connectivity index (χ4v) is 4.43. The maximum absolute atomic E-state index is 13.5. The van der Waals surface area contributed by atoms with Gasteiger partial charge in [0.2, 0.25) is 5.91 Å². The average Bonchev–Trinajstić information content (AvgIpc) is 2.79. The molecule has 0 aliphatic heterocycles. The van der Waals surface area contributed by atoms with E-state index in [1.807, 2.05) is 0 Å². The first-order chi connectivity index (χ1) is 14.8. The van der Waals surface area contributed by atoms with Crippen molar-refractivity contribution in [1.29, 1.82) is 0 Å². The van der Waals surface area contributed by atoms with Gasteiger partial charge in [0.15, 0.2) is 0 Å². The molecule has 7 nitrogen and oxygen atoms in total. The van der Waals surface area contributed by atoms with Crippen molar-refractivity contribution in [2.45, 2.75) is 4.90 Å². The van der Waals surface area contributed by atoms with Gasteiger partial charge in [-0.1, -0.05) is 23.7 Å². The number of halogens is 1. The molecule has 3 aromatic carbocycles. The molecule has 0 saturated heterocycles. The van der Waals surface area contributed by atoms with Crippen LogP contribution in [0.5, 0.6) is 11.5 Å². The van der Waals surface area contributed by atoms with Crippen LogP contribution >= 0.6 is 11.6 Å². The first kappa shape index (κ1) is 22.5. The van der Waals surface area contributed by atoms with E-state index >= 15 is 0 Å². The van der Waals surface area contributed by atoms with Gasteiger partial charge in [-0.05, 0) is 60.7 Å². The van der Waals surface area contributed by atoms with Crippen LogP contribution in [0, 0.1) is 0 Å². The lowest BCUT2D eigenvalue weighted by atomic mass is 10.3. The zero-order valence-electron chi connectivity index (χ0n) is 16.9. The fraction of sp³-hybridized carbons (Fsp3) is 0.136. The number of hydrogen-bond donors (Lipinski definition) is 1. The minimum atomic E-state index is -4.09. The molecule has 0 bridgehead atoms. The van der Waals surface area contributed by atoms with E-state index in [-0.39, 0.29) is 10.6 Å². The van der Waals surface area contributed by atoms with Gasteiger partial charge in [0, 0.05) is 10.7 Å². The molecule has 3 rings (SSSR count). The Kier molecular flexibility index (Phi) is 7.04. The second kappa shape index (κ2) is 9.72. The number of nitrogens with zero attached hydrogens (tertiary/aromatic N) is 1. The van der Waals surface area contributed by atoms with Crippen molar-refractivity contribution in [2.24, 2.45) is 0 Å². The molecule has 0 fully saturated rings. The van der Waals surface area contributed by atoms with Crippen LogP contribution in [0.25, 0.3) is 0 Å². The Labute approximate surface area is 186 Å². The topological polar surface area (TPSA) is 84.9 Å². The van der Waals surface area contributed by atoms with Gasteiger partial charge in [0.05, 0.1) is 24.8 Å². The summed E-state index contributed by atoms with van der Waals surface area (Å²) in [6.07, 6.45) is 0. The molecule has 0 aliphatic carbocycles. The number of anilines is 2. The third-order valence-corrected chi connectivity index (χ3v) is 6.44. The number of para-hydroxylation sites is 2. The molecule has 0 atom stereocenters. The van der Waals surface area contributed by atoms with Gasteiger partial charge in [-0.2, -0.15) is 0 Å². The van der Waals surface area contributed by atoms with Gasteiger partial charge in [-0.3, -0.25) is 9.10 Å². The number of nitrogens with one attached hydrogen (secondary N) is 1. The van der Waals surface area contributed by atoms with E-state index in [1.54, 1.807) is 60.7 Å². The van der Waals surface area contributed by atoms with Crippen molar-refractivity contribution in [3.05, 3.63) is 77.8 Å². The minimum Gasteiger partial charge on any atom is -0.497 e. The summed E-state index contributed by atoms with van der Waals surface area (Å²) in [5.74, 6) is 0.312. The third-order valence-electron chi connectivity index (χ3n) is 4.42. The van der Waals surface area contributed by atoms with Crippen molar-refractivity contribution < 1.29 is 22.7 Å². The standard InChI is InChI=1S/C22H21ClN2O5S/c1-29-18-11-13-19(14-12-18)31(27,28)25(20-5-3-4-6-21(20)30-2)15-22(26)24-17-9-7-16(23)8-10-17/h3-14H,15H2,1-2H3,(H,24,26). The molecule has 31 heavy (non-hydrogen) atoms. The Hall–Kier alpha value is -3.23. The minimum absolute atomic E-state index is 0.0125. The number of ether oxygens (including phenoxy) is 2. The van der Waals surface area contributed by atoms with Gasteiger partial charge < -0.3 is 14.8 Å². The second-order valence-corrected chi connectivity index (χ2v) is 8.71. The molecule has 9 heteroatoms. The summed E-state index contributed by atoms with van der Waals surface area (Å²) >= 11 is 5.87. The lowest BCUT2D eigenvalue weighted by molar-refractivity contribution is -0.114. The number of amides is 1. The molecule has 3 aromatic rings. The lowest BCUT2D eigenvalue weighted by Crippen LogP contribution is -2.38. The van der Waals surface area contributed by atoms with Gasteiger partial charge in [-0.25, -0.2) is 8.42 Å². The van der Waals surface area contributed by atoms with Crippen molar-refractivity contribution in [3.8, 4) is 11.5 Å². The van der Waals surface area contributed by atoms with Crippen molar-refractivity contribution in [3.63, 3.8) is 0 Å². The van der Waals surface area contributed by atoms with Crippen LogP contribution in [-0.4, -0.2) is 35.1 Å². The predicted octanol–water partition coefficient (Wildman–Crippen LogP) is 4.19. The predicted molar refractivity (Wildman–Crippen MR) is 121 cm³/mol. The molecule has 0 saturated carbocycles. The molecular formula is C22H21ClN2O5S. The number of hydrogen-bond acceptors (Lipinski definition) is 5. The first-order valence-electron chi connectivity index (χ1n) is 9.20. The zero-order valence-corrected chi connectivity index (χ0v) is 18.5. The number of benzene rings is 3. The van der Waals surface area contributed by atoms with Gasteiger partial charge in [0.1, 0.15) is 18.0 Å². The molecule has 0 spiro atoms. The summed E-state index contributed by atoms with van der Waals surface area (Å²) in [6.45, 7) is -0.461. The molecule has 1 N–H and O–H groups in total. The van der Waals surface area contributed by atoms with Crippen LogP contribution < -0.4 is 19.1 Å². The van der Waals surface area contributed by atoms with Crippen LogP contribution in [0.2, 0.25) is 5.02 Å². The monoisotopic (exact) mass is 460 g/mol. The van der Waals surface area contributed by atoms with Gasteiger partial charge in [-0.15, -0.1) is 0 Å². The molecule has 0 aromatic heterocycles. The Morgan fingerprint density at radius 3 is 2.19 bits per heavy atom. The Bertz CT molecular complexity index is 1150. The molecule has 0 unspecified atom stereocenters. The highest BCUT2D eigenvalue weighted by atomic mass is 35.5. The van der Waals surface area contributed by atoms with Gasteiger partial charge in [0.25, 0.3) is 10.0 Å². The largest absolute Gasteiger partial charge is 0.497 e. The van der Waals surface area contributed by atoms with E-state index in [4.69, 9.17) is 21.1 Å². The van der Waals surface area contributed by atoms with Crippen molar-refractivity contribution >= 4 is 38.9 Å². The number of carbonyl (C=O) groups is 1. The van der Waals surface area contributed by atoms with Crippen LogP contribution in [0.15, 0.2) is 77.7 Å². The quantitative estimate of drug-likeness (QED) is 0.544. The summed E-state index contributed by atoms with van der Waals surface area (Å²) < 4.78 is 38.4. The molecule has 162 valence electrons. The third kappa shape index (κ3) is 5.28.